The summed E-state index contributed by atoms with van der Waals surface area (Å²) in [5, 5.41) is 5.60. The normalized spacial score (nSPS) is 18.0. The van der Waals surface area contributed by atoms with E-state index in [0.717, 1.165) is 40.8 Å². The molecule has 1 saturated heterocycles. The molecule has 0 bridgehead atoms. The van der Waals surface area contributed by atoms with E-state index < -0.39 is 0 Å². The van der Waals surface area contributed by atoms with Gasteiger partial charge in [0, 0.05) is 30.4 Å². The van der Waals surface area contributed by atoms with Gasteiger partial charge in [-0.1, -0.05) is 48.0 Å². The number of hydrogen-bond donors (Lipinski definition) is 0. The molecular formula is C24H22N4O2S. The van der Waals surface area contributed by atoms with Gasteiger partial charge in [0.2, 0.25) is 0 Å². The molecule has 2 aliphatic heterocycles. The number of carbonyl (C=O) groups excluding carboxylic acids is 1. The molecule has 0 aliphatic carbocycles. The van der Waals surface area contributed by atoms with Crippen molar-refractivity contribution in [1.29, 1.82) is 0 Å². The third-order valence-corrected chi connectivity index (χ3v) is 6.31. The highest BCUT2D eigenvalue weighted by molar-refractivity contribution is 8.18. The van der Waals surface area contributed by atoms with Crippen LogP contribution in [0.5, 0.6) is 0 Å². The van der Waals surface area contributed by atoms with E-state index in [9.17, 15) is 4.79 Å². The number of para-hydroxylation sites is 1. The minimum Gasteiger partial charge on any atom is -0.378 e. The van der Waals surface area contributed by atoms with Crippen LogP contribution in [-0.4, -0.2) is 52.1 Å². The molecule has 5 rings (SSSR count). The van der Waals surface area contributed by atoms with E-state index in [-0.39, 0.29) is 5.91 Å². The topological polar surface area (TPSA) is 59.7 Å². The van der Waals surface area contributed by atoms with Gasteiger partial charge < -0.3 is 9.64 Å². The van der Waals surface area contributed by atoms with E-state index in [0.29, 0.717) is 18.1 Å². The predicted molar refractivity (Wildman–Crippen MR) is 124 cm³/mol. The molecule has 156 valence electrons. The highest BCUT2D eigenvalue weighted by Crippen LogP contribution is 2.33. The summed E-state index contributed by atoms with van der Waals surface area (Å²) in [6.45, 7) is 4.90. The number of ether oxygens (including phenoxy) is 1. The highest BCUT2D eigenvalue weighted by Gasteiger charge is 2.27. The van der Waals surface area contributed by atoms with E-state index in [2.05, 4.69) is 41.1 Å². The summed E-state index contributed by atoms with van der Waals surface area (Å²) < 4.78 is 7.27. The summed E-state index contributed by atoms with van der Waals surface area (Å²) in [5.74, 6) is -0.200. The summed E-state index contributed by atoms with van der Waals surface area (Å²) in [7, 11) is 0. The Labute approximate surface area is 185 Å². The van der Waals surface area contributed by atoms with E-state index in [4.69, 9.17) is 9.84 Å². The van der Waals surface area contributed by atoms with Crippen LogP contribution in [0.25, 0.3) is 23.0 Å². The number of aromatic nitrogens is 2. The number of benzene rings is 2. The van der Waals surface area contributed by atoms with Crippen LogP contribution in [0.4, 0.5) is 0 Å². The Morgan fingerprint density at radius 3 is 2.52 bits per heavy atom. The Bertz CT molecular complexity index is 1160. The SMILES string of the molecule is Cc1ccc(-c2nn(-c3ccccc3)cc2/C=C2\SC(N3CCOCC3)=NC2=O)cc1. The van der Waals surface area contributed by atoms with Crippen molar-refractivity contribution in [2.24, 2.45) is 4.99 Å². The molecule has 0 saturated carbocycles. The van der Waals surface area contributed by atoms with Crippen LogP contribution in [0.2, 0.25) is 0 Å². The summed E-state index contributed by atoms with van der Waals surface area (Å²) in [6, 6.07) is 18.2. The summed E-state index contributed by atoms with van der Waals surface area (Å²) >= 11 is 1.43. The highest BCUT2D eigenvalue weighted by atomic mass is 32.2. The van der Waals surface area contributed by atoms with Gasteiger partial charge in [-0.2, -0.15) is 10.1 Å². The minimum atomic E-state index is -0.200. The van der Waals surface area contributed by atoms with E-state index in [1.807, 2.05) is 47.3 Å². The number of amides is 1. The molecule has 0 N–H and O–H groups in total. The van der Waals surface area contributed by atoms with E-state index in [1.54, 1.807) is 0 Å². The Hall–Kier alpha value is -3.16. The third kappa shape index (κ3) is 4.19. The van der Waals surface area contributed by atoms with Crippen LogP contribution in [0.1, 0.15) is 11.1 Å². The van der Waals surface area contributed by atoms with Crippen molar-refractivity contribution in [1.82, 2.24) is 14.7 Å². The Kier molecular flexibility index (Phi) is 5.44. The third-order valence-electron chi connectivity index (χ3n) is 5.27. The minimum absolute atomic E-state index is 0.200. The predicted octanol–water partition coefficient (Wildman–Crippen LogP) is 4.15. The van der Waals surface area contributed by atoms with Crippen molar-refractivity contribution < 1.29 is 9.53 Å². The van der Waals surface area contributed by atoms with Gasteiger partial charge in [-0.05, 0) is 36.9 Å². The first-order valence-electron chi connectivity index (χ1n) is 10.2. The van der Waals surface area contributed by atoms with Crippen molar-refractivity contribution >= 4 is 28.9 Å². The molecule has 0 unspecified atom stereocenters. The lowest BCUT2D eigenvalue weighted by Crippen LogP contribution is -2.38. The number of amidine groups is 1. The van der Waals surface area contributed by atoms with Crippen molar-refractivity contribution in [2.75, 3.05) is 26.3 Å². The fourth-order valence-corrected chi connectivity index (χ4v) is 4.53. The van der Waals surface area contributed by atoms with Gasteiger partial charge in [0.05, 0.1) is 29.5 Å². The molecule has 3 aromatic rings. The first kappa shape index (κ1) is 19.8. The average molecular weight is 431 g/mol. The number of nitrogens with zero attached hydrogens (tertiary/aromatic N) is 4. The number of aliphatic imine (C=N–C) groups is 1. The number of rotatable bonds is 3. The standard InChI is InChI=1S/C24H22N4O2S/c1-17-7-9-18(10-8-17)22-19(16-28(26-22)20-5-3-2-4-6-20)15-21-23(29)25-24(31-21)27-11-13-30-14-12-27/h2-10,15-16H,11-14H2,1H3/b21-15-. The molecule has 1 fully saturated rings. The first-order chi connectivity index (χ1) is 15.2. The van der Waals surface area contributed by atoms with Crippen molar-refractivity contribution in [3.05, 3.63) is 76.8 Å². The van der Waals surface area contributed by atoms with Gasteiger partial charge in [0.25, 0.3) is 5.91 Å². The zero-order valence-electron chi connectivity index (χ0n) is 17.2. The van der Waals surface area contributed by atoms with Gasteiger partial charge >= 0.3 is 0 Å². The maximum Gasteiger partial charge on any atom is 0.286 e. The number of carbonyl (C=O) groups is 1. The smallest absolute Gasteiger partial charge is 0.286 e. The zero-order valence-corrected chi connectivity index (χ0v) is 18.0. The largest absolute Gasteiger partial charge is 0.378 e. The van der Waals surface area contributed by atoms with Crippen LogP contribution in [0.15, 0.2) is 70.7 Å². The molecule has 6 nitrogen and oxygen atoms in total. The average Bonchev–Trinajstić information content (AvgIpc) is 3.40. The summed E-state index contributed by atoms with van der Waals surface area (Å²) in [5.41, 5.74) is 4.90. The lowest BCUT2D eigenvalue weighted by Gasteiger charge is -2.27. The first-order valence-corrected chi connectivity index (χ1v) is 11.1. The molecule has 2 aliphatic rings. The number of thioether (sulfide) groups is 1. The molecule has 0 radical (unpaired) electrons. The zero-order chi connectivity index (χ0) is 21.2. The molecule has 1 amide bonds. The number of hydrogen-bond acceptors (Lipinski definition) is 5. The summed E-state index contributed by atoms with van der Waals surface area (Å²) in [6.07, 6.45) is 3.88. The molecule has 1 aromatic heterocycles. The maximum absolute atomic E-state index is 12.6. The Morgan fingerprint density at radius 2 is 1.77 bits per heavy atom. The van der Waals surface area contributed by atoms with Crippen LogP contribution >= 0.6 is 11.8 Å². The van der Waals surface area contributed by atoms with Gasteiger partial charge in [-0.15, -0.1) is 0 Å². The Morgan fingerprint density at radius 1 is 1.03 bits per heavy atom. The molecular weight excluding hydrogens is 408 g/mol. The second-order valence-electron chi connectivity index (χ2n) is 7.49. The lowest BCUT2D eigenvalue weighted by molar-refractivity contribution is -0.113. The number of aryl methyl sites for hydroxylation is 1. The van der Waals surface area contributed by atoms with Crippen LogP contribution in [-0.2, 0) is 9.53 Å². The van der Waals surface area contributed by atoms with Crippen LogP contribution < -0.4 is 0 Å². The van der Waals surface area contributed by atoms with Crippen molar-refractivity contribution in [3.63, 3.8) is 0 Å². The number of morpholine rings is 1. The second kappa shape index (κ2) is 8.53. The maximum atomic E-state index is 12.6. The van der Waals surface area contributed by atoms with Gasteiger partial charge in [-0.25, -0.2) is 4.68 Å². The van der Waals surface area contributed by atoms with Crippen molar-refractivity contribution in [3.8, 4) is 16.9 Å². The molecule has 2 aromatic carbocycles. The quantitative estimate of drug-likeness (QED) is 0.584. The second-order valence-corrected chi connectivity index (χ2v) is 8.50. The molecule has 7 heteroatoms. The molecule has 0 spiro atoms. The monoisotopic (exact) mass is 430 g/mol. The van der Waals surface area contributed by atoms with Gasteiger partial charge in [0.15, 0.2) is 5.17 Å². The van der Waals surface area contributed by atoms with E-state index in [1.165, 1.54) is 17.3 Å². The summed E-state index contributed by atoms with van der Waals surface area (Å²) in [4.78, 5) is 19.6. The van der Waals surface area contributed by atoms with Crippen molar-refractivity contribution in [2.45, 2.75) is 6.92 Å². The van der Waals surface area contributed by atoms with E-state index >= 15 is 0 Å². The fraction of sp³-hybridized carbons (Fsp3) is 0.208. The van der Waals surface area contributed by atoms with Crippen LogP contribution in [0, 0.1) is 6.92 Å². The molecule has 31 heavy (non-hydrogen) atoms. The molecule has 3 heterocycles. The fourth-order valence-electron chi connectivity index (χ4n) is 3.57. The molecule has 0 atom stereocenters. The van der Waals surface area contributed by atoms with Crippen LogP contribution in [0.3, 0.4) is 0 Å². The lowest BCUT2D eigenvalue weighted by atomic mass is 10.1. The van der Waals surface area contributed by atoms with Gasteiger partial charge in [-0.3, -0.25) is 4.79 Å². The Balaban J connectivity index is 1.51. The van der Waals surface area contributed by atoms with Gasteiger partial charge in [0.1, 0.15) is 0 Å².